The second-order valence-electron chi connectivity index (χ2n) is 4.01. The first-order chi connectivity index (χ1) is 8.63. The molecular formula is C15H13ClFN. The lowest BCUT2D eigenvalue weighted by Gasteiger charge is -2.07. The number of pyridine rings is 1. The predicted octanol–water partition coefficient (Wildman–Crippen LogP) is 4.80. The molecule has 0 N–H and O–H groups in total. The van der Waals surface area contributed by atoms with Gasteiger partial charge in [0.2, 0.25) is 0 Å². The number of halogens is 2. The molecule has 0 spiro atoms. The monoisotopic (exact) mass is 261 g/mol. The lowest BCUT2D eigenvalue weighted by molar-refractivity contribution is 0.631. The number of allylic oxidation sites excluding steroid dienone is 1. The second-order valence-corrected chi connectivity index (χ2v) is 4.41. The van der Waals surface area contributed by atoms with Crippen LogP contribution in [-0.2, 0) is 0 Å². The van der Waals surface area contributed by atoms with Crippen LogP contribution in [0.4, 0.5) is 4.39 Å². The first-order valence-electron chi connectivity index (χ1n) is 5.67. The summed E-state index contributed by atoms with van der Waals surface area (Å²) in [6.45, 7) is 3.77. The number of benzene rings is 1. The first kappa shape index (κ1) is 12.8. The van der Waals surface area contributed by atoms with E-state index >= 15 is 0 Å². The van der Waals surface area contributed by atoms with Gasteiger partial charge in [0.25, 0.3) is 0 Å². The molecule has 0 bridgehead atoms. The summed E-state index contributed by atoms with van der Waals surface area (Å²) in [5, 5.41) is 0.604. The van der Waals surface area contributed by atoms with Gasteiger partial charge in [-0.3, -0.25) is 4.98 Å². The van der Waals surface area contributed by atoms with Crippen LogP contribution in [0.25, 0.3) is 16.2 Å². The van der Waals surface area contributed by atoms with Crippen molar-refractivity contribution in [1.29, 1.82) is 0 Å². The van der Waals surface area contributed by atoms with E-state index in [1.165, 1.54) is 6.07 Å². The molecule has 2 aromatic rings. The first-order valence-corrected chi connectivity index (χ1v) is 6.05. The van der Waals surface area contributed by atoms with Gasteiger partial charge in [0.15, 0.2) is 0 Å². The van der Waals surface area contributed by atoms with Crippen molar-refractivity contribution >= 4 is 16.6 Å². The van der Waals surface area contributed by atoms with E-state index in [1.807, 2.05) is 19.9 Å². The van der Waals surface area contributed by atoms with Gasteiger partial charge in [0, 0.05) is 17.3 Å². The minimum absolute atomic E-state index is 0.247. The maximum Gasteiger partial charge on any atom is 0.131 e. The summed E-state index contributed by atoms with van der Waals surface area (Å²) in [5.41, 5.74) is 2.98. The van der Waals surface area contributed by atoms with Crippen LogP contribution in [0.2, 0.25) is 0 Å². The van der Waals surface area contributed by atoms with Crippen molar-refractivity contribution in [3.05, 3.63) is 59.7 Å². The summed E-state index contributed by atoms with van der Waals surface area (Å²) in [7, 11) is 0. The van der Waals surface area contributed by atoms with E-state index in [0.717, 1.165) is 16.8 Å². The van der Waals surface area contributed by atoms with Crippen molar-refractivity contribution in [2.75, 3.05) is 0 Å². The van der Waals surface area contributed by atoms with Crippen LogP contribution in [0, 0.1) is 12.7 Å². The van der Waals surface area contributed by atoms with Crippen LogP contribution in [0.15, 0.2) is 42.6 Å². The fourth-order valence-corrected chi connectivity index (χ4v) is 2.00. The molecule has 0 fully saturated rings. The highest BCUT2D eigenvalue weighted by Crippen LogP contribution is 2.26. The third kappa shape index (κ3) is 2.44. The lowest BCUT2D eigenvalue weighted by Crippen LogP contribution is -1.92. The quantitative estimate of drug-likeness (QED) is 0.757. The summed E-state index contributed by atoms with van der Waals surface area (Å²) in [4.78, 5) is 4.30. The van der Waals surface area contributed by atoms with Gasteiger partial charge in [-0.15, -0.1) is 0 Å². The molecule has 0 saturated carbocycles. The highest BCUT2D eigenvalue weighted by molar-refractivity contribution is 6.48. The third-order valence-corrected chi connectivity index (χ3v) is 3.14. The van der Waals surface area contributed by atoms with Gasteiger partial charge in [0.05, 0.1) is 10.7 Å². The van der Waals surface area contributed by atoms with Crippen molar-refractivity contribution in [3.63, 3.8) is 0 Å². The standard InChI is InChI=1S/C15H13ClFN/c1-3-13(16)15-10(2)8-11(9-18-15)12-6-4-5-7-14(12)17/h3-9H,1-2H3/b13-3+. The smallest absolute Gasteiger partial charge is 0.131 e. The molecule has 0 aliphatic carbocycles. The topological polar surface area (TPSA) is 12.9 Å². The van der Waals surface area contributed by atoms with E-state index in [2.05, 4.69) is 4.98 Å². The van der Waals surface area contributed by atoms with Crippen LogP contribution < -0.4 is 0 Å². The molecule has 0 unspecified atom stereocenters. The Balaban J connectivity index is 2.50. The second kappa shape index (κ2) is 5.32. The van der Waals surface area contributed by atoms with Crippen molar-refractivity contribution < 1.29 is 4.39 Å². The van der Waals surface area contributed by atoms with E-state index in [4.69, 9.17) is 11.6 Å². The molecule has 3 heteroatoms. The van der Waals surface area contributed by atoms with Crippen LogP contribution in [-0.4, -0.2) is 4.98 Å². The number of hydrogen-bond acceptors (Lipinski definition) is 1. The maximum atomic E-state index is 13.7. The summed E-state index contributed by atoms with van der Waals surface area (Å²) >= 11 is 6.05. The minimum atomic E-state index is -0.247. The van der Waals surface area contributed by atoms with Crippen LogP contribution in [0.1, 0.15) is 18.2 Å². The number of aryl methyl sites for hydroxylation is 1. The molecule has 1 aromatic heterocycles. The highest BCUT2D eigenvalue weighted by Gasteiger charge is 2.08. The summed E-state index contributed by atoms with van der Waals surface area (Å²) < 4.78 is 13.7. The van der Waals surface area contributed by atoms with E-state index in [9.17, 15) is 4.39 Å². The predicted molar refractivity (Wildman–Crippen MR) is 73.9 cm³/mol. The van der Waals surface area contributed by atoms with Crippen LogP contribution >= 0.6 is 11.6 Å². The Morgan fingerprint density at radius 3 is 2.67 bits per heavy atom. The molecule has 0 radical (unpaired) electrons. The SMILES string of the molecule is C/C=C(/Cl)c1ncc(-c2ccccc2F)cc1C. The Morgan fingerprint density at radius 2 is 2.06 bits per heavy atom. The van der Waals surface area contributed by atoms with Crippen LogP contribution in [0.5, 0.6) is 0 Å². The maximum absolute atomic E-state index is 13.7. The molecule has 0 aliphatic rings. The zero-order valence-corrected chi connectivity index (χ0v) is 11.0. The van der Waals surface area contributed by atoms with Gasteiger partial charge in [-0.05, 0) is 31.5 Å². The molecule has 92 valence electrons. The van der Waals surface area contributed by atoms with Crippen molar-refractivity contribution in [2.24, 2.45) is 0 Å². The molecule has 1 heterocycles. The van der Waals surface area contributed by atoms with Gasteiger partial charge in [-0.25, -0.2) is 4.39 Å². The third-order valence-electron chi connectivity index (χ3n) is 2.74. The van der Waals surface area contributed by atoms with E-state index in [-0.39, 0.29) is 5.82 Å². The number of aromatic nitrogens is 1. The summed E-state index contributed by atoms with van der Waals surface area (Å²) in [5.74, 6) is -0.247. The number of nitrogens with zero attached hydrogens (tertiary/aromatic N) is 1. The Bertz CT molecular complexity index is 605. The lowest BCUT2D eigenvalue weighted by atomic mass is 10.0. The molecule has 0 amide bonds. The van der Waals surface area contributed by atoms with Gasteiger partial charge in [-0.1, -0.05) is 35.9 Å². The normalized spacial score (nSPS) is 11.7. The minimum Gasteiger partial charge on any atom is -0.254 e. The molecular weight excluding hydrogens is 249 g/mol. The average Bonchev–Trinajstić information content (AvgIpc) is 2.38. The number of rotatable bonds is 2. The van der Waals surface area contributed by atoms with Crippen molar-refractivity contribution in [1.82, 2.24) is 4.98 Å². The Labute approximate surface area is 111 Å². The van der Waals surface area contributed by atoms with E-state index in [1.54, 1.807) is 30.5 Å². The zero-order valence-electron chi connectivity index (χ0n) is 10.2. The van der Waals surface area contributed by atoms with E-state index < -0.39 is 0 Å². The summed E-state index contributed by atoms with van der Waals surface area (Å²) in [6, 6.07) is 8.55. The Morgan fingerprint density at radius 1 is 1.33 bits per heavy atom. The molecule has 0 atom stereocenters. The largest absolute Gasteiger partial charge is 0.254 e. The Kier molecular flexibility index (Phi) is 3.78. The molecule has 18 heavy (non-hydrogen) atoms. The van der Waals surface area contributed by atoms with Gasteiger partial charge >= 0.3 is 0 Å². The fraction of sp³-hybridized carbons (Fsp3) is 0.133. The molecule has 1 nitrogen and oxygen atoms in total. The van der Waals surface area contributed by atoms with Crippen molar-refractivity contribution in [2.45, 2.75) is 13.8 Å². The van der Waals surface area contributed by atoms with Gasteiger partial charge in [-0.2, -0.15) is 0 Å². The molecule has 0 saturated heterocycles. The van der Waals surface area contributed by atoms with Crippen molar-refractivity contribution in [3.8, 4) is 11.1 Å². The van der Waals surface area contributed by atoms with Gasteiger partial charge < -0.3 is 0 Å². The van der Waals surface area contributed by atoms with Gasteiger partial charge in [0.1, 0.15) is 5.82 Å². The fourth-order valence-electron chi connectivity index (χ4n) is 1.80. The molecule has 0 aliphatic heterocycles. The highest BCUT2D eigenvalue weighted by atomic mass is 35.5. The molecule has 2 rings (SSSR count). The Hall–Kier alpha value is -1.67. The van der Waals surface area contributed by atoms with E-state index in [0.29, 0.717) is 10.6 Å². The average molecular weight is 262 g/mol. The van der Waals surface area contributed by atoms with Crippen LogP contribution in [0.3, 0.4) is 0 Å². The molecule has 1 aromatic carbocycles. The number of hydrogen-bond donors (Lipinski definition) is 0. The summed E-state index contributed by atoms with van der Waals surface area (Å²) in [6.07, 6.45) is 3.44. The zero-order chi connectivity index (χ0) is 13.1.